The summed E-state index contributed by atoms with van der Waals surface area (Å²) in [6.07, 6.45) is 7.65. The largest absolute Gasteiger partial charge is 0.460 e. The first kappa shape index (κ1) is 34.9. The van der Waals surface area contributed by atoms with E-state index in [1.54, 1.807) is 35.0 Å². The third kappa shape index (κ3) is 12.6. The van der Waals surface area contributed by atoms with E-state index in [1.807, 2.05) is 19.2 Å². The molecule has 0 fully saturated rings. The van der Waals surface area contributed by atoms with Crippen LogP contribution in [0, 0.1) is 17.8 Å². The standard InChI is InChI=1S/C31H50N4O4S2/c1-8-10-23(14-29(37)39-18-26-16-32-20-41-26)12-13-24(11-9-2)33-30(38)27(21(3)4)15-28(36)35(7)17-25-19-40-31(34-25)22(5)6/h16,19-24,27H,8-15,17-18H2,1-7H3,(H,33,38). The minimum absolute atomic E-state index is 0.0126. The van der Waals surface area contributed by atoms with Gasteiger partial charge in [0.15, 0.2) is 0 Å². The van der Waals surface area contributed by atoms with Crippen molar-refractivity contribution in [2.75, 3.05) is 7.05 Å². The van der Waals surface area contributed by atoms with Crippen LogP contribution in [0.15, 0.2) is 17.1 Å². The summed E-state index contributed by atoms with van der Waals surface area (Å²) >= 11 is 3.10. The fraction of sp³-hybridized carbons (Fsp3) is 0.710. The lowest BCUT2D eigenvalue weighted by molar-refractivity contribution is -0.146. The maximum Gasteiger partial charge on any atom is 0.306 e. The van der Waals surface area contributed by atoms with Gasteiger partial charge in [0.05, 0.1) is 27.6 Å². The van der Waals surface area contributed by atoms with Gasteiger partial charge in [-0.25, -0.2) is 4.98 Å². The minimum Gasteiger partial charge on any atom is -0.460 e. The Labute approximate surface area is 254 Å². The molecular weight excluding hydrogens is 556 g/mol. The summed E-state index contributed by atoms with van der Waals surface area (Å²) in [5.41, 5.74) is 2.62. The Morgan fingerprint density at radius 1 is 1.00 bits per heavy atom. The number of nitrogens with zero attached hydrogens (tertiary/aromatic N) is 3. The minimum atomic E-state index is -0.404. The number of carbonyl (C=O) groups is 3. The van der Waals surface area contributed by atoms with Gasteiger partial charge >= 0.3 is 5.97 Å². The molecule has 0 aliphatic rings. The SMILES string of the molecule is CCCC(CCC(CCC)NC(=O)C(CC(=O)N(C)Cc1csc(C(C)C)n1)C(C)C)CC(=O)OCc1cncs1. The summed E-state index contributed by atoms with van der Waals surface area (Å²) in [5, 5.41) is 6.34. The van der Waals surface area contributed by atoms with E-state index >= 15 is 0 Å². The number of hydrogen-bond acceptors (Lipinski definition) is 8. The van der Waals surface area contributed by atoms with Crippen LogP contribution in [0.4, 0.5) is 0 Å². The van der Waals surface area contributed by atoms with E-state index in [4.69, 9.17) is 4.74 Å². The molecule has 2 heterocycles. The highest BCUT2D eigenvalue weighted by atomic mass is 32.1. The second-order valence-electron chi connectivity index (χ2n) is 11.7. The third-order valence-electron chi connectivity index (χ3n) is 7.34. The predicted octanol–water partition coefficient (Wildman–Crippen LogP) is 6.96. The van der Waals surface area contributed by atoms with Crippen molar-refractivity contribution in [3.63, 3.8) is 0 Å². The summed E-state index contributed by atoms with van der Waals surface area (Å²) in [4.78, 5) is 50.3. The number of nitrogens with one attached hydrogen (secondary N) is 1. The van der Waals surface area contributed by atoms with Gasteiger partial charge in [0.25, 0.3) is 0 Å². The van der Waals surface area contributed by atoms with E-state index in [1.165, 1.54) is 11.3 Å². The fourth-order valence-electron chi connectivity index (χ4n) is 4.87. The summed E-state index contributed by atoms with van der Waals surface area (Å²) in [5.74, 6) is -0.101. The van der Waals surface area contributed by atoms with Crippen molar-refractivity contribution in [2.45, 2.75) is 118 Å². The molecule has 1 N–H and O–H groups in total. The van der Waals surface area contributed by atoms with Crippen LogP contribution in [-0.4, -0.2) is 45.7 Å². The molecule has 0 aliphatic heterocycles. The first-order valence-electron chi connectivity index (χ1n) is 15.0. The first-order chi connectivity index (χ1) is 19.5. The van der Waals surface area contributed by atoms with Crippen LogP contribution in [0.1, 0.15) is 114 Å². The molecule has 10 heteroatoms. The molecule has 3 atom stereocenters. The van der Waals surface area contributed by atoms with Crippen LogP contribution in [0.3, 0.4) is 0 Å². The van der Waals surface area contributed by atoms with Crippen molar-refractivity contribution in [2.24, 2.45) is 17.8 Å². The van der Waals surface area contributed by atoms with Crippen LogP contribution in [0.25, 0.3) is 0 Å². The van der Waals surface area contributed by atoms with E-state index < -0.39 is 5.92 Å². The maximum absolute atomic E-state index is 13.4. The molecule has 0 spiro atoms. The summed E-state index contributed by atoms with van der Waals surface area (Å²) < 4.78 is 5.47. The highest BCUT2D eigenvalue weighted by Crippen LogP contribution is 2.24. The third-order valence-corrected chi connectivity index (χ3v) is 9.29. The number of aromatic nitrogens is 2. The van der Waals surface area contributed by atoms with Gasteiger partial charge in [0, 0.05) is 49.3 Å². The van der Waals surface area contributed by atoms with Gasteiger partial charge in [-0.15, -0.1) is 22.7 Å². The highest BCUT2D eigenvalue weighted by Gasteiger charge is 2.29. The zero-order chi connectivity index (χ0) is 30.4. The lowest BCUT2D eigenvalue weighted by Crippen LogP contribution is -2.42. The van der Waals surface area contributed by atoms with Gasteiger partial charge in [-0.3, -0.25) is 19.4 Å². The Morgan fingerprint density at radius 3 is 2.32 bits per heavy atom. The number of esters is 1. The molecule has 8 nitrogen and oxygen atoms in total. The number of carbonyl (C=O) groups excluding carboxylic acids is 3. The molecule has 2 aromatic heterocycles. The van der Waals surface area contributed by atoms with Crippen LogP contribution >= 0.6 is 22.7 Å². The molecule has 3 unspecified atom stereocenters. The zero-order valence-electron chi connectivity index (χ0n) is 26.0. The van der Waals surface area contributed by atoms with Gasteiger partial charge in [-0.05, 0) is 31.1 Å². The monoisotopic (exact) mass is 606 g/mol. The van der Waals surface area contributed by atoms with Crippen molar-refractivity contribution in [1.29, 1.82) is 0 Å². The molecule has 0 aromatic carbocycles. The van der Waals surface area contributed by atoms with E-state index in [0.717, 1.165) is 54.1 Å². The van der Waals surface area contributed by atoms with Crippen LogP contribution < -0.4 is 5.32 Å². The number of rotatable bonds is 19. The summed E-state index contributed by atoms with van der Waals surface area (Å²) in [7, 11) is 1.78. The topological polar surface area (TPSA) is 101 Å². The Morgan fingerprint density at radius 2 is 1.73 bits per heavy atom. The van der Waals surface area contributed by atoms with E-state index in [0.29, 0.717) is 18.9 Å². The van der Waals surface area contributed by atoms with Crippen molar-refractivity contribution < 1.29 is 19.1 Å². The Hall–Kier alpha value is -2.33. The van der Waals surface area contributed by atoms with Gasteiger partial charge < -0.3 is 15.0 Å². The molecule has 41 heavy (non-hydrogen) atoms. The summed E-state index contributed by atoms with van der Waals surface area (Å²) in [6.45, 7) is 13.2. The lowest BCUT2D eigenvalue weighted by atomic mass is 9.89. The second kappa shape index (κ2) is 18.3. The molecule has 2 amide bonds. The van der Waals surface area contributed by atoms with Gasteiger partial charge in [0.1, 0.15) is 6.61 Å². The average Bonchev–Trinajstić information content (AvgIpc) is 3.61. The molecule has 0 saturated heterocycles. The van der Waals surface area contributed by atoms with E-state index in [-0.39, 0.29) is 48.7 Å². The molecule has 0 radical (unpaired) electrons. The quantitative estimate of drug-likeness (QED) is 0.174. The maximum atomic E-state index is 13.4. The fourth-order valence-corrected chi connectivity index (χ4v) is 6.20. The van der Waals surface area contributed by atoms with Gasteiger partial charge in [-0.1, -0.05) is 60.8 Å². The Kier molecular flexibility index (Phi) is 15.5. The van der Waals surface area contributed by atoms with Crippen LogP contribution in [0.2, 0.25) is 0 Å². The van der Waals surface area contributed by atoms with Gasteiger partial charge in [0.2, 0.25) is 11.8 Å². The van der Waals surface area contributed by atoms with Gasteiger partial charge in [-0.2, -0.15) is 0 Å². The van der Waals surface area contributed by atoms with Crippen molar-refractivity contribution in [1.82, 2.24) is 20.2 Å². The lowest BCUT2D eigenvalue weighted by Gasteiger charge is -2.27. The van der Waals surface area contributed by atoms with Crippen LogP contribution in [0.5, 0.6) is 0 Å². The number of ether oxygens (including phenoxy) is 1. The molecule has 0 bridgehead atoms. The van der Waals surface area contributed by atoms with E-state index in [2.05, 4.69) is 43.0 Å². The summed E-state index contributed by atoms with van der Waals surface area (Å²) in [6, 6.07) is 0.0126. The molecule has 2 aromatic rings. The van der Waals surface area contributed by atoms with Crippen molar-refractivity contribution >= 4 is 40.5 Å². The Balaban J connectivity index is 1.92. The second-order valence-corrected chi connectivity index (χ2v) is 13.6. The average molecular weight is 607 g/mol. The highest BCUT2D eigenvalue weighted by molar-refractivity contribution is 7.09. The van der Waals surface area contributed by atoms with E-state index in [9.17, 15) is 14.4 Å². The number of hydrogen-bond donors (Lipinski definition) is 1. The molecule has 2 rings (SSSR count). The zero-order valence-corrected chi connectivity index (χ0v) is 27.6. The van der Waals surface area contributed by atoms with Crippen LogP contribution in [-0.2, 0) is 32.3 Å². The van der Waals surface area contributed by atoms with Crippen molar-refractivity contribution in [3.05, 3.63) is 32.7 Å². The normalized spacial score (nSPS) is 13.7. The molecule has 0 saturated carbocycles. The number of amides is 2. The smallest absolute Gasteiger partial charge is 0.306 e. The first-order valence-corrected chi connectivity index (χ1v) is 16.8. The predicted molar refractivity (Wildman–Crippen MR) is 167 cm³/mol. The molecule has 230 valence electrons. The Bertz CT molecular complexity index is 1050. The van der Waals surface area contributed by atoms with Crippen molar-refractivity contribution in [3.8, 4) is 0 Å². The number of thiazole rings is 2. The molecule has 0 aliphatic carbocycles. The molecular formula is C31H50N4O4S2.